The van der Waals surface area contributed by atoms with Crippen molar-refractivity contribution in [2.45, 2.75) is 66.2 Å². The zero-order valence-electron chi connectivity index (χ0n) is 8.74. The molecule has 0 aromatic heterocycles. The van der Waals surface area contributed by atoms with Gasteiger partial charge in [-0.1, -0.05) is 40.5 Å². The van der Waals surface area contributed by atoms with Crippen LogP contribution in [0.4, 0.5) is 0 Å². The number of hydrogen-bond acceptors (Lipinski definition) is 0. The van der Waals surface area contributed by atoms with Crippen LogP contribution in [0.2, 0.25) is 0 Å². The van der Waals surface area contributed by atoms with Gasteiger partial charge in [0.15, 0.2) is 0 Å². The maximum atomic E-state index is 2.00. The molecule has 0 heteroatoms. The van der Waals surface area contributed by atoms with Gasteiger partial charge in [-0.15, -0.1) is 0 Å². The molecule has 0 saturated heterocycles. The van der Waals surface area contributed by atoms with Gasteiger partial charge in [-0.2, -0.15) is 0 Å². The average Bonchev–Trinajstić information content (AvgIpc) is 2.68. The lowest BCUT2D eigenvalue weighted by atomic mass is 10.1. The molecule has 2 fully saturated rings. The fraction of sp³-hybridized carbons (Fsp3) is 1.00. The van der Waals surface area contributed by atoms with Gasteiger partial charge in [-0.25, -0.2) is 0 Å². The number of rotatable bonds is 0. The van der Waals surface area contributed by atoms with Gasteiger partial charge in [0.1, 0.15) is 0 Å². The van der Waals surface area contributed by atoms with Gasteiger partial charge >= 0.3 is 0 Å². The van der Waals surface area contributed by atoms with Gasteiger partial charge in [0.2, 0.25) is 0 Å². The molecule has 1 spiro atoms. The Labute approximate surface area is 72.4 Å². The third-order valence-electron chi connectivity index (χ3n) is 2.62. The Morgan fingerprint density at radius 2 is 1.00 bits per heavy atom. The Bertz CT molecular complexity index is 72.0. The van der Waals surface area contributed by atoms with Gasteiger partial charge < -0.3 is 0 Å². The van der Waals surface area contributed by atoms with Crippen molar-refractivity contribution in [3.05, 3.63) is 0 Å². The molecule has 0 aliphatic heterocycles. The highest BCUT2D eigenvalue weighted by Crippen LogP contribution is 2.57. The molecule has 0 nitrogen and oxygen atoms in total. The molecule has 2 saturated carbocycles. The molecule has 68 valence electrons. The monoisotopic (exact) mass is 156 g/mol. The molecule has 0 unspecified atom stereocenters. The van der Waals surface area contributed by atoms with Crippen LogP contribution in [0.1, 0.15) is 66.2 Å². The third-order valence-corrected chi connectivity index (χ3v) is 2.62. The van der Waals surface area contributed by atoms with Crippen LogP contribution in [0.3, 0.4) is 0 Å². The predicted molar refractivity (Wildman–Crippen MR) is 52.8 cm³/mol. The van der Waals surface area contributed by atoms with Crippen molar-refractivity contribution in [3.8, 4) is 0 Å². The Kier molecular flexibility index (Phi) is 5.62. The summed E-state index contributed by atoms with van der Waals surface area (Å²) in [5.74, 6) is 0. The highest BCUT2D eigenvalue weighted by atomic mass is 14.5. The van der Waals surface area contributed by atoms with Crippen LogP contribution in [0.15, 0.2) is 0 Å². The summed E-state index contributed by atoms with van der Waals surface area (Å²) in [4.78, 5) is 0. The Morgan fingerprint density at radius 3 is 1.18 bits per heavy atom. The van der Waals surface area contributed by atoms with Crippen LogP contribution in [-0.2, 0) is 0 Å². The maximum Gasteiger partial charge on any atom is -0.0297 e. The standard InChI is InChI=1S/C7H12.2C2H6/c1-2-4-7(3-1)5-6-7;2*1-2/h1-6H2;2*1-2H3. The van der Waals surface area contributed by atoms with E-state index >= 15 is 0 Å². The molecular formula is C11H24. The van der Waals surface area contributed by atoms with Crippen LogP contribution in [0.5, 0.6) is 0 Å². The third kappa shape index (κ3) is 3.27. The van der Waals surface area contributed by atoms with Crippen molar-refractivity contribution in [3.63, 3.8) is 0 Å². The summed E-state index contributed by atoms with van der Waals surface area (Å²) in [5.41, 5.74) is 0.944. The fourth-order valence-corrected chi connectivity index (χ4v) is 1.80. The first-order chi connectivity index (χ1) is 5.41. The molecule has 11 heavy (non-hydrogen) atoms. The molecular weight excluding hydrogens is 132 g/mol. The molecule has 0 radical (unpaired) electrons. The molecule has 0 amide bonds. The summed E-state index contributed by atoms with van der Waals surface area (Å²) < 4.78 is 0. The average molecular weight is 156 g/mol. The van der Waals surface area contributed by atoms with E-state index in [-0.39, 0.29) is 0 Å². The summed E-state index contributed by atoms with van der Waals surface area (Å²) in [6.07, 6.45) is 9.31. The van der Waals surface area contributed by atoms with Crippen LogP contribution in [0, 0.1) is 5.41 Å². The summed E-state index contributed by atoms with van der Waals surface area (Å²) in [6, 6.07) is 0. The normalized spacial score (nSPS) is 22.9. The van der Waals surface area contributed by atoms with E-state index in [9.17, 15) is 0 Å². The molecule has 0 N–H and O–H groups in total. The van der Waals surface area contributed by atoms with Gasteiger partial charge in [0, 0.05) is 0 Å². The minimum absolute atomic E-state index is 0.944. The zero-order chi connectivity index (χ0) is 8.74. The van der Waals surface area contributed by atoms with Gasteiger partial charge in [-0.05, 0) is 31.1 Å². The van der Waals surface area contributed by atoms with Crippen molar-refractivity contribution in [2.75, 3.05) is 0 Å². The summed E-state index contributed by atoms with van der Waals surface area (Å²) in [7, 11) is 0. The van der Waals surface area contributed by atoms with Crippen molar-refractivity contribution in [2.24, 2.45) is 5.41 Å². The zero-order valence-corrected chi connectivity index (χ0v) is 8.74. The van der Waals surface area contributed by atoms with Gasteiger partial charge in [0.25, 0.3) is 0 Å². The fourth-order valence-electron chi connectivity index (χ4n) is 1.80. The molecule has 2 rings (SSSR count). The largest absolute Gasteiger partial charge is 0.0683 e. The lowest BCUT2D eigenvalue weighted by molar-refractivity contribution is 0.535. The second-order valence-corrected chi connectivity index (χ2v) is 3.21. The van der Waals surface area contributed by atoms with Crippen molar-refractivity contribution in [1.82, 2.24) is 0 Å². The summed E-state index contributed by atoms with van der Waals surface area (Å²) in [6.45, 7) is 8.00. The minimum atomic E-state index is 0.944. The Morgan fingerprint density at radius 1 is 0.636 bits per heavy atom. The van der Waals surface area contributed by atoms with E-state index in [4.69, 9.17) is 0 Å². The second-order valence-electron chi connectivity index (χ2n) is 3.21. The Balaban J connectivity index is 0.000000222. The van der Waals surface area contributed by atoms with E-state index in [1.165, 1.54) is 12.8 Å². The SMILES string of the molecule is C1CCC2(C1)CC2.CC.CC. The highest BCUT2D eigenvalue weighted by Gasteiger charge is 2.43. The number of hydrogen-bond donors (Lipinski definition) is 0. The molecule has 0 aromatic rings. The molecule has 2 aliphatic carbocycles. The first-order valence-corrected chi connectivity index (χ1v) is 5.41. The lowest BCUT2D eigenvalue weighted by Gasteiger charge is -1.97. The van der Waals surface area contributed by atoms with E-state index in [0.717, 1.165) is 5.41 Å². The van der Waals surface area contributed by atoms with Crippen LogP contribution in [0.25, 0.3) is 0 Å². The first-order valence-electron chi connectivity index (χ1n) is 5.41. The second kappa shape index (κ2) is 5.62. The van der Waals surface area contributed by atoms with Gasteiger partial charge in [0.05, 0.1) is 0 Å². The molecule has 0 atom stereocenters. The highest BCUT2D eigenvalue weighted by molar-refractivity contribution is 4.95. The van der Waals surface area contributed by atoms with Crippen LogP contribution >= 0.6 is 0 Å². The summed E-state index contributed by atoms with van der Waals surface area (Å²) >= 11 is 0. The lowest BCUT2D eigenvalue weighted by Crippen LogP contribution is -1.86. The van der Waals surface area contributed by atoms with E-state index in [1.54, 1.807) is 25.7 Å². The van der Waals surface area contributed by atoms with E-state index in [0.29, 0.717) is 0 Å². The smallest absolute Gasteiger partial charge is 0.0297 e. The van der Waals surface area contributed by atoms with Crippen molar-refractivity contribution < 1.29 is 0 Å². The van der Waals surface area contributed by atoms with Gasteiger partial charge in [-0.3, -0.25) is 0 Å². The molecule has 0 aromatic carbocycles. The predicted octanol–water partition coefficient (Wildman–Crippen LogP) is 4.39. The molecule has 2 aliphatic rings. The van der Waals surface area contributed by atoms with E-state index < -0.39 is 0 Å². The maximum absolute atomic E-state index is 2.00. The van der Waals surface area contributed by atoms with Crippen LogP contribution in [-0.4, -0.2) is 0 Å². The van der Waals surface area contributed by atoms with E-state index in [2.05, 4.69) is 0 Å². The first kappa shape index (κ1) is 11.0. The Hall–Kier alpha value is 0. The topological polar surface area (TPSA) is 0 Å². The van der Waals surface area contributed by atoms with Crippen molar-refractivity contribution in [1.29, 1.82) is 0 Å². The molecule has 0 bridgehead atoms. The quantitative estimate of drug-likeness (QED) is 0.488. The van der Waals surface area contributed by atoms with Crippen LogP contribution < -0.4 is 0 Å². The van der Waals surface area contributed by atoms with E-state index in [1.807, 2.05) is 27.7 Å². The molecule has 0 heterocycles. The minimum Gasteiger partial charge on any atom is -0.0683 e. The van der Waals surface area contributed by atoms with Crippen molar-refractivity contribution >= 4 is 0 Å². The summed E-state index contributed by atoms with van der Waals surface area (Å²) in [5, 5.41) is 0.